The third-order valence-electron chi connectivity index (χ3n) is 8.08. The van der Waals surface area contributed by atoms with Gasteiger partial charge in [-0.3, -0.25) is 9.59 Å². The molecule has 2 aromatic carbocycles. The highest BCUT2D eigenvalue weighted by atomic mass is 19.1. The molecule has 1 unspecified atom stereocenters. The second-order valence-electron chi connectivity index (χ2n) is 11.3. The predicted octanol–water partition coefficient (Wildman–Crippen LogP) is 3.70. The number of nitrogens with one attached hydrogen (secondary N) is 1. The molecular weight excluding hydrogens is 561 g/mol. The summed E-state index contributed by atoms with van der Waals surface area (Å²) in [6, 6.07) is 14.5. The zero-order valence-electron chi connectivity index (χ0n) is 24.9. The Morgan fingerprint density at radius 3 is 2.66 bits per heavy atom. The van der Waals surface area contributed by atoms with E-state index in [1.165, 1.54) is 17.1 Å². The van der Waals surface area contributed by atoms with Gasteiger partial charge in [-0.15, -0.1) is 6.42 Å². The van der Waals surface area contributed by atoms with Crippen LogP contribution in [0.2, 0.25) is 0 Å². The van der Waals surface area contributed by atoms with E-state index in [0.29, 0.717) is 17.9 Å². The topological polar surface area (TPSA) is 85.4 Å². The molecule has 2 aromatic rings. The van der Waals surface area contributed by atoms with Crippen molar-refractivity contribution >= 4 is 17.8 Å². The second kappa shape index (κ2) is 14.3. The van der Waals surface area contributed by atoms with E-state index in [4.69, 9.17) is 11.2 Å². The number of hydrogen-bond acceptors (Lipinski definition) is 5. The number of benzene rings is 2. The normalized spacial score (nSPS) is 22.0. The lowest BCUT2D eigenvalue weighted by molar-refractivity contribution is -0.189. The lowest BCUT2D eigenvalue weighted by Gasteiger charge is -2.55. The van der Waals surface area contributed by atoms with Gasteiger partial charge in [-0.2, -0.15) is 5.01 Å². The average molecular weight is 600 g/mol. The first-order valence-corrected chi connectivity index (χ1v) is 14.9. The zero-order valence-corrected chi connectivity index (χ0v) is 24.9. The Morgan fingerprint density at radius 2 is 1.93 bits per heavy atom. The summed E-state index contributed by atoms with van der Waals surface area (Å²) in [6.07, 6.45) is 12.3. The summed E-state index contributed by atoms with van der Waals surface area (Å²) in [5.41, 5.74) is 2.59. The molecule has 230 valence electrons. The first-order chi connectivity index (χ1) is 21.3. The summed E-state index contributed by atoms with van der Waals surface area (Å²) >= 11 is 0. The molecule has 3 atom stereocenters. The van der Waals surface area contributed by atoms with Gasteiger partial charge in [0, 0.05) is 19.5 Å². The van der Waals surface area contributed by atoms with E-state index in [9.17, 15) is 18.8 Å². The molecule has 3 aliphatic rings. The van der Waals surface area contributed by atoms with E-state index in [2.05, 4.69) is 30.3 Å². The Kier molecular flexibility index (Phi) is 10.1. The highest BCUT2D eigenvalue weighted by molar-refractivity contribution is 5.91. The summed E-state index contributed by atoms with van der Waals surface area (Å²) in [5, 5.41) is 6.03. The van der Waals surface area contributed by atoms with E-state index in [1.807, 2.05) is 36.4 Å². The Morgan fingerprint density at radius 1 is 1.14 bits per heavy atom. The van der Waals surface area contributed by atoms with Crippen LogP contribution in [0.3, 0.4) is 0 Å². The molecular formula is C34H38FN5O4. The zero-order chi connectivity index (χ0) is 31.1. The van der Waals surface area contributed by atoms with Crippen LogP contribution >= 0.6 is 0 Å². The van der Waals surface area contributed by atoms with Crippen molar-refractivity contribution in [2.75, 3.05) is 32.8 Å². The van der Waals surface area contributed by atoms with Gasteiger partial charge in [0.05, 0.1) is 32.8 Å². The summed E-state index contributed by atoms with van der Waals surface area (Å²) < 4.78 is 19.4. The number of rotatable bonds is 10. The molecule has 2 saturated heterocycles. The number of carbonyl (C=O) groups excluding carboxylic acids is 3. The van der Waals surface area contributed by atoms with Gasteiger partial charge in [0.15, 0.2) is 0 Å². The van der Waals surface area contributed by atoms with Crippen LogP contribution in [-0.4, -0.2) is 82.7 Å². The number of terminal acetylenes is 1. The van der Waals surface area contributed by atoms with Crippen LogP contribution in [0.15, 0.2) is 78.4 Å². The van der Waals surface area contributed by atoms with Gasteiger partial charge in [-0.1, -0.05) is 73.5 Å². The fraction of sp³-hybridized carbons (Fsp3) is 0.382. The van der Waals surface area contributed by atoms with Crippen molar-refractivity contribution in [2.24, 2.45) is 5.92 Å². The monoisotopic (exact) mass is 599 g/mol. The number of amides is 4. The molecule has 0 aromatic heterocycles. The lowest BCUT2D eigenvalue weighted by atomic mass is 9.92. The van der Waals surface area contributed by atoms with E-state index >= 15 is 0 Å². The predicted molar refractivity (Wildman–Crippen MR) is 164 cm³/mol. The maximum Gasteiger partial charge on any atom is 0.334 e. The molecule has 0 bridgehead atoms. The van der Waals surface area contributed by atoms with E-state index < -0.39 is 18.2 Å². The molecule has 10 heteroatoms. The first kappa shape index (κ1) is 31.0. The van der Waals surface area contributed by atoms with Gasteiger partial charge in [-0.05, 0) is 41.2 Å². The van der Waals surface area contributed by atoms with Crippen LogP contribution in [0.1, 0.15) is 30.9 Å². The second-order valence-corrected chi connectivity index (χ2v) is 11.3. The number of hydrogen-bond donors (Lipinski definition) is 1. The first-order valence-electron chi connectivity index (χ1n) is 14.9. The van der Waals surface area contributed by atoms with Crippen LogP contribution in [0.4, 0.5) is 9.18 Å². The summed E-state index contributed by atoms with van der Waals surface area (Å²) in [4.78, 5) is 44.6. The molecule has 44 heavy (non-hydrogen) atoms. The van der Waals surface area contributed by atoms with Gasteiger partial charge in [0.2, 0.25) is 11.8 Å². The van der Waals surface area contributed by atoms with Crippen molar-refractivity contribution < 1.29 is 23.5 Å². The number of allylic oxidation sites excluding steroid dienone is 3. The number of nitrogens with zero attached hydrogens (tertiary/aromatic N) is 4. The van der Waals surface area contributed by atoms with E-state index in [1.54, 1.807) is 26.9 Å². The highest BCUT2D eigenvalue weighted by Gasteiger charge is 2.51. The van der Waals surface area contributed by atoms with Gasteiger partial charge < -0.3 is 19.9 Å². The molecule has 0 saturated carbocycles. The van der Waals surface area contributed by atoms with Crippen molar-refractivity contribution in [2.45, 2.75) is 45.1 Å². The number of hydrazine groups is 1. The quantitative estimate of drug-likeness (QED) is 0.333. The summed E-state index contributed by atoms with van der Waals surface area (Å²) in [5.74, 6) is 2.16. The van der Waals surface area contributed by atoms with Gasteiger partial charge in [-0.25, -0.2) is 14.2 Å². The van der Waals surface area contributed by atoms with Gasteiger partial charge >= 0.3 is 6.03 Å². The van der Waals surface area contributed by atoms with Gasteiger partial charge in [0.1, 0.15) is 18.0 Å². The Balaban J connectivity index is 1.38. The number of urea groups is 1. The van der Waals surface area contributed by atoms with Crippen molar-refractivity contribution in [3.8, 4) is 12.3 Å². The SMILES string of the molecule is C#CCN1CC(=O)N2[C@@H](CC3=CCC(C)C=C3)C(=O)N(CCOCc3cccc(F)c3)C[C@@H]2N1C(=O)NCc1ccccc1. The van der Waals surface area contributed by atoms with Crippen LogP contribution < -0.4 is 5.32 Å². The van der Waals surface area contributed by atoms with Crippen LogP contribution in [0.25, 0.3) is 0 Å². The van der Waals surface area contributed by atoms with Gasteiger partial charge in [0.25, 0.3) is 0 Å². The molecule has 2 aliphatic heterocycles. The molecule has 1 N–H and O–H groups in total. The van der Waals surface area contributed by atoms with Crippen molar-refractivity contribution in [1.82, 2.24) is 25.1 Å². The summed E-state index contributed by atoms with van der Waals surface area (Å²) in [6.45, 7) is 3.07. The standard InChI is InChI=1S/C34H38FN5O4/c1-3-16-38-23-32(41)39-30(20-26-14-12-25(2)13-15-26)33(42)37(17-18-44-24-28-10-7-11-29(35)19-28)22-31(39)40(38)34(43)36-21-27-8-5-4-6-9-27/h1,4-12,14-15,19,25,30-31H,13,16-18,20-24H2,2H3,(H,36,43)/t25?,30-,31-/m0/s1. The largest absolute Gasteiger partial charge is 0.375 e. The molecule has 1 aliphatic carbocycles. The van der Waals surface area contributed by atoms with E-state index in [0.717, 1.165) is 17.6 Å². The fourth-order valence-electron chi connectivity index (χ4n) is 5.83. The highest BCUT2D eigenvalue weighted by Crippen LogP contribution is 2.31. The number of piperazine rings is 1. The van der Waals surface area contributed by atoms with Crippen LogP contribution in [-0.2, 0) is 27.5 Å². The molecule has 0 radical (unpaired) electrons. The molecule has 9 nitrogen and oxygen atoms in total. The summed E-state index contributed by atoms with van der Waals surface area (Å²) in [7, 11) is 0. The lowest BCUT2D eigenvalue weighted by Crippen LogP contribution is -2.76. The Hall–Kier alpha value is -4.46. The molecule has 2 heterocycles. The van der Waals surface area contributed by atoms with Crippen molar-refractivity contribution in [1.29, 1.82) is 0 Å². The Labute approximate surface area is 257 Å². The minimum atomic E-state index is -0.800. The number of halogens is 1. The minimum Gasteiger partial charge on any atom is -0.375 e. The number of fused-ring (bicyclic) bond motifs is 1. The minimum absolute atomic E-state index is 0.0516. The number of carbonyl (C=O) groups is 3. The van der Waals surface area contributed by atoms with Crippen molar-refractivity contribution in [3.63, 3.8) is 0 Å². The van der Waals surface area contributed by atoms with Crippen molar-refractivity contribution in [3.05, 3.63) is 95.3 Å². The molecule has 0 spiro atoms. The van der Waals surface area contributed by atoms with Crippen LogP contribution in [0.5, 0.6) is 0 Å². The fourth-order valence-corrected chi connectivity index (χ4v) is 5.83. The number of ether oxygens (including phenoxy) is 1. The maximum absolute atomic E-state index is 14.0. The smallest absolute Gasteiger partial charge is 0.334 e. The third kappa shape index (κ3) is 7.36. The molecule has 2 fully saturated rings. The van der Waals surface area contributed by atoms with E-state index in [-0.39, 0.29) is 63.6 Å². The Bertz CT molecular complexity index is 1460. The molecule has 5 rings (SSSR count). The van der Waals surface area contributed by atoms with Crippen LogP contribution in [0, 0.1) is 24.1 Å². The average Bonchev–Trinajstić information content (AvgIpc) is 3.01. The third-order valence-corrected chi connectivity index (χ3v) is 8.08. The molecule has 4 amide bonds. The maximum atomic E-state index is 14.0.